The lowest BCUT2D eigenvalue weighted by atomic mass is 10.2. The van der Waals surface area contributed by atoms with Crippen LogP contribution in [-0.2, 0) is 7.05 Å². The molecule has 0 saturated heterocycles. The van der Waals surface area contributed by atoms with E-state index in [4.69, 9.17) is 5.26 Å². The molecule has 5 nitrogen and oxygen atoms in total. The van der Waals surface area contributed by atoms with Gasteiger partial charge < -0.3 is 5.32 Å². The number of aromatic nitrogens is 3. The molecule has 2 aromatic heterocycles. The van der Waals surface area contributed by atoms with Crippen molar-refractivity contribution >= 4 is 22.2 Å². The standard InChI is InChI=1S/C14H11N5S/c1-19-8-11(7-16-19)13-9-20-14(18-13)17-12-4-2-10(6-15)3-5-12/h2-5,7-9H,1H3,(H,17,18). The normalized spacial score (nSPS) is 10.2. The summed E-state index contributed by atoms with van der Waals surface area (Å²) in [6.45, 7) is 0. The van der Waals surface area contributed by atoms with Gasteiger partial charge in [-0.2, -0.15) is 10.4 Å². The smallest absolute Gasteiger partial charge is 0.187 e. The molecule has 1 aromatic carbocycles. The SMILES string of the molecule is Cn1cc(-c2csc(Nc3ccc(C#N)cc3)n2)cn1. The third-order valence-corrected chi connectivity index (χ3v) is 3.53. The van der Waals surface area contributed by atoms with E-state index in [0.717, 1.165) is 22.1 Å². The maximum Gasteiger partial charge on any atom is 0.187 e. The number of hydrogen-bond donors (Lipinski definition) is 1. The van der Waals surface area contributed by atoms with Gasteiger partial charge in [0.1, 0.15) is 0 Å². The molecule has 0 aliphatic heterocycles. The molecule has 0 bridgehead atoms. The van der Waals surface area contributed by atoms with E-state index in [1.54, 1.807) is 23.0 Å². The summed E-state index contributed by atoms with van der Waals surface area (Å²) in [5, 5.41) is 18.9. The first-order valence-electron chi connectivity index (χ1n) is 5.96. The number of nitrogens with zero attached hydrogens (tertiary/aromatic N) is 4. The summed E-state index contributed by atoms with van der Waals surface area (Å²) in [6.07, 6.45) is 3.72. The monoisotopic (exact) mass is 281 g/mol. The third kappa shape index (κ3) is 2.53. The predicted octanol–water partition coefficient (Wildman–Crippen LogP) is 3.16. The molecule has 0 spiro atoms. The predicted molar refractivity (Wildman–Crippen MR) is 78.8 cm³/mol. The molecule has 0 unspecified atom stereocenters. The fraction of sp³-hybridized carbons (Fsp3) is 0.0714. The average Bonchev–Trinajstić information content (AvgIpc) is 3.09. The summed E-state index contributed by atoms with van der Waals surface area (Å²) >= 11 is 1.53. The largest absolute Gasteiger partial charge is 0.332 e. The van der Waals surface area contributed by atoms with E-state index in [0.29, 0.717) is 5.56 Å². The molecule has 0 atom stereocenters. The molecule has 0 aliphatic carbocycles. The summed E-state index contributed by atoms with van der Waals surface area (Å²) in [7, 11) is 1.88. The molecule has 0 aliphatic rings. The van der Waals surface area contributed by atoms with Gasteiger partial charge in [-0.05, 0) is 24.3 Å². The van der Waals surface area contributed by atoms with Crippen molar-refractivity contribution in [3.8, 4) is 17.3 Å². The fourth-order valence-corrected chi connectivity index (χ4v) is 2.51. The van der Waals surface area contributed by atoms with Crippen molar-refractivity contribution in [2.45, 2.75) is 0 Å². The zero-order valence-corrected chi connectivity index (χ0v) is 11.6. The van der Waals surface area contributed by atoms with Gasteiger partial charge in [0.15, 0.2) is 5.13 Å². The van der Waals surface area contributed by atoms with Crippen LogP contribution < -0.4 is 5.32 Å². The lowest BCUT2D eigenvalue weighted by molar-refractivity contribution is 0.768. The maximum absolute atomic E-state index is 8.76. The highest BCUT2D eigenvalue weighted by Crippen LogP contribution is 2.26. The highest BCUT2D eigenvalue weighted by molar-refractivity contribution is 7.14. The minimum Gasteiger partial charge on any atom is -0.332 e. The average molecular weight is 281 g/mol. The van der Waals surface area contributed by atoms with Crippen LogP contribution in [0.1, 0.15) is 5.56 Å². The van der Waals surface area contributed by atoms with Crippen LogP contribution in [-0.4, -0.2) is 14.8 Å². The van der Waals surface area contributed by atoms with Gasteiger partial charge in [-0.25, -0.2) is 4.98 Å². The van der Waals surface area contributed by atoms with Crippen molar-refractivity contribution < 1.29 is 0 Å². The van der Waals surface area contributed by atoms with E-state index >= 15 is 0 Å². The molecule has 0 radical (unpaired) electrons. The topological polar surface area (TPSA) is 66.5 Å². The zero-order chi connectivity index (χ0) is 13.9. The number of nitriles is 1. The van der Waals surface area contributed by atoms with Crippen molar-refractivity contribution in [1.82, 2.24) is 14.8 Å². The van der Waals surface area contributed by atoms with Gasteiger partial charge in [-0.15, -0.1) is 11.3 Å². The molecular weight excluding hydrogens is 270 g/mol. The number of hydrogen-bond acceptors (Lipinski definition) is 5. The van der Waals surface area contributed by atoms with Crippen molar-refractivity contribution in [2.24, 2.45) is 7.05 Å². The second kappa shape index (κ2) is 5.15. The van der Waals surface area contributed by atoms with Gasteiger partial charge in [-0.1, -0.05) is 0 Å². The number of thiazole rings is 1. The van der Waals surface area contributed by atoms with Crippen LogP contribution in [0.4, 0.5) is 10.8 Å². The summed E-state index contributed by atoms with van der Waals surface area (Å²) < 4.78 is 1.75. The summed E-state index contributed by atoms with van der Waals surface area (Å²) in [5.74, 6) is 0. The number of aryl methyl sites for hydroxylation is 1. The van der Waals surface area contributed by atoms with E-state index in [2.05, 4.69) is 21.5 Å². The van der Waals surface area contributed by atoms with Gasteiger partial charge in [0, 0.05) is 29.9 Å². The van der Waals surface area contributed by atoms with Crippen LogP contribution in [0.25, 0.3) is 11.3 Å². The first-order chi connectivity index (χ1) is 9.74. The number of anilines is 2. The molecule has 0 fully saturated rings. The van der Waals surface area contributed by atoms with Gasteiger partial charge in [0.25, 0.3) is 0 Å². The Morgan fingerprint density at radius 2 is 2.10 bits per heavy atom. The van der Waals surface area contributed by atoms with Crippen LogP contribution >= 0.6 is 11.3 Å². The van der Waals surface area contributed by atoms with Crippen LogP contribution in [0.3, 0.4) is 0 Å². The number of nitrogens with one attached hydrogen (secondary N) is 1. The van der Waals surface area contributed by atoms with Gasteiger partial charge in [0.2, 0.25) is 0 Å². The molecule has 0 amide bonds. The van der Waals surface area contributed by atoms with Crippen LogP contribution in [0.2, 0.25) is 0 Å². The molecule has 0 saturated carbocycles. The van der Waals surface area contributed by atoms with Crippen molar-refractivity contribution in [3.63, 3.8) is 0 Å². The first-order valence-corrected chi connectivity index (χ1v) is 6.84. The Kier molecular flexibility index (Phi) is 3.19. The van der Waals surface area contributed by atoms with Gasteiger partial charge in [-0.3, -0.25) is 4.68 Å². The van der Waals surface area contributed by atoms with Crippen LogP contribution in [0.5, 0.6) is 0 Å². The Labute approximate surface area is 120 Å². The summed E-state index contributed by atoms with van der Waals surface area (Å²) in [4.78, 5) is 4.52. The molecule has 3 aromatic rings. The second-order valence-corrected chi connectivity index (χ2v) is 5.11. The van der Waals surface area contributed by atoms with E-state index in [1.807, 2.05) is 30.8 Å². The van der Waals surface area contributed by atoms with E-state index in [9.17, 15) is 0 Å². The molecular formula is C14H11N5S. The van der Waals surface area contributed by atoms with Crippen molar-refractivity contribution in [2.75, 3.05) is 5.32 Å². The van der Waals surface area contributed by atoms with Crippen molar-refractivity contribution in [3.05, 3.63) is 47.6 Å². The molecule has 3 rings (SSSR count). The van der Waals surface area contributed by atoms with Gasteiger partial charge >= 0.3 is 0 Å². The second-order valence-electron chi connectivity index (χ2n) is 4.25. The lowest BCUT2D eigenvalue weighted by Gasteiger charge is -2.01. The van der Waals surface area contributed by atoms with E-state index in [-0.39, 0.29) is 0 Å². The molecule has 6 heteroatoms. The Morgan fingerprint density at radius 3 is 2.75 bits per heavy atom. The minimum atomic E-state index is 0.644. The quantitative estimate of drug-likeness (QED) is 0.800. The molecule has 2 heterocycles. The Hall–Kier alpha value is -2.65. The van der Waals surface area contributed by atoms with Gasteiger partial charge in [0.05, 0.1) is 23.5 Å². The van der Waals surface area contributed by atoms with Crippen LogP contribution in [0, 0.1) is 11.3 Å². The molecule has 1 N–H and O–H groups in total. The maximum atomic E-state index is 8.76. The highest BCUT2D eigenvalue weighted by Gasteiger charge is 2.06. The third-order valence-electron chi connectivity index (χ3n) is 2.77. The van der Waals surface area contributed by atoms with Crippen molar-refractivity contribution in [1.29, 1.82) is 5.26 Å². The Bertz CT molecular complexity index is 763. The number of benzene rings is 1. The Balaban J connectivity index is 1.78. The number of rotatable bonds is 3. The van der Waals surface area contributed by atoms with E-state index < -0.39 is 0 Å². The van der Waals surface area contributed by atoms with E-state index in [1.165, 1.54) is 11.3 Å². The lowest BCUT2D eigenvalue weighted by Crippen LogP contribution is -1.89. The first kappa shape index (κ1) is 12.4. The molecule has 20 heavy (non-hydrogen) atoms. The van der Waals surface area contributed by atoms with Crippen LogP contribution in [0.15, 0.2) is 42.0 Å². The summed E-state index contributed by atoms with van der Waals surface area (Å²) in [5.41, 5.74) is 3.46. The zero-order valence-electron chi connectivity index (χ0n) is 10.7. The highest BCUT2D eigenvalue weighted by atomic mass is 32.1. The summed E-state index contributed by atoms with van der Waals surface area (Å²) in [6, 6.07) is 9.38. The minimum absolute atomic E-state index is 0.644. The molecule has 98 valence electrons. The fourth-order valence-electron chi connectivity index (χ4n) is 1.77. The Morgan fingerprint density at radius 1 is 1.30 bits per heavy atom.